The van der Waals surface area contributed by atoms with Gasteiger partial charge in [0.05, 0.1) is 4.92 Å². The fourth-order valence-electron chi connectivity index (χ4n) is 2.57. The molecule has 0 atom stereocenters. The fraction of sp³-hybridized carbons (Fsp3) is 0.0526. The normalized spacial score (nSPS) is 10.8. The van der Waals surface area contributed by atoms with E-state index < -0.39 is 10.5 Å². The molecule has 134 valence electrons. The lowest BCUT2D eigenvalue weighted by Crippen LogP contribution is -1.96. The molecular formula is C19H12N2O6. The molecule has 0 spiro atoms. The van der Waals surface area contributed by atoms with Gasteiger partial charge in [-0.3, -0.25) is 10.1 Å². The predicted molar refractivity (Wildman–Crippen MR) is 95.4 cm³/mol. The zero-order valence-corrected chi connectivity index (χ0v) is 13.8. The van der Waals surface area contributed by atoms with Crippen LogP contribution in [0, 0.1) is 10.1 Å². The van der Waals surface area contributed by atoms with Gasteiger partial charge in [-0.2, -0.15) is 0 Å². The van der Waals surface area contributed by atoms with Gasteiger partial charge >= 0.3 is 5.63 Å². The lowest BCUT2D eigenvalue weighted by atomic mass is 10.1. The summed E-state index contributed by atoms with van der Waals surface area (Å²) < 4.78 is 16.0. The van der Waals surface area contributed by atoms with Crippen LogP contribution >= 0.6 is 0 Å². The van der Waals surface area contributed by atoms with E-state index in [0.29, 0.717) is 28.4 Å². The van der Waals surface area contributed by atoms with Crippen molar-refractivity contribution in [3.8, 4) is 17.0 Å². The van der Waals surface area contributed by atoms with Gasteiger partial charge in [0.15, 0.2) is 5.76 Å². The van der Waals surface area contributed by atoms with Crippen molar-refractivity contribution in [2.24, 2.45) is 0 Å². The van der Waals surface area contributed by atoms with Gasteiger partial charge in [0.1, 0.15) is 23.6 Å². The van der Waals surface area contributed by atoms with Gasteiger partial charge in [-0.05, 0) is 36.4 Å². The molecule has 8 nitrogen and oxygen atoms in total. The molecule has 0 saturated carbocycles. The van der Waals surface area contributed by atoms with Crippen LogP contribution in [0.25, 0.3) is 22.2 Å². The molecule has 0 unspecified atom stereocenters. The first kappa shape index (κ1) is 16.5. The second kappa shape index (κ2) is 6.75. The molecule has 4 aromatic rings. The van der Waals surface area contributed by atoms with Crippen LogP contribution < -0.4 is 10.4 Å². The lowest BCUT2D eigenvalue weighted by Gasteiger charge is -2.04. The summed E-state index contributed by atoms with van der Waals surface area (Å²) in [6.45, 7) is 0.155. The molecule has 0 fully saturated rings. The van der Waals surface area contributed by atoms with E-state index in [1.165, 1.54) is 18.2 Å². The highest BCUT2D eigenvalue weighted by atomic mass is 16.6. The average Bonchev–Trinajstić information content (AvgIpc) is 3.15. The summed E-state index contributed by atoms with van der Waals surface area (Å²) in [5.74, 6) is 1.09. The summed E-state index contributed by atoms with van der Waals surface area (Å²) in [6, 6.07) is 15.9. The minimum absolute atomic E-state index is 0.0120. The zero-order valence-electron chi connectivity index (χ0n) is 13.8. The smallest absolute Gasteiger partial charge is 0.336 e. The van der Waals surface area contributed by atoms with Crippen LogP contribution in [0.15, 0.2) is 74.4 Å². The van der Waals surface area contributed by atoms with Crippen LogP contribution in [0.4, 0.5) is 5.69 Å². The van der Waals surface area contributed by atoms with Crippen molar-refractivity contribution in [3.05, 3.63) is 87.0 Å². The van der Waals surface area contributed by atoms with Crippen molar-refractivity contribution < 1.29 is 18.6 Å². The molecule has 8 heteroatoms. The Morgan fingerprint density at radius 1 is 1.04 bits per heavy atom. The average molecular weight is 364 g/mol. The van der Waals surface area contributed by atoms with Crippen molar-refractivity contribution in [2.45, 2.75) is 6.61 Å². The third-order valence-corrected chi connectivity index (χ3v) is 3.90. The van der Waals surface area contributed by atoms with Crippen LogP contribution in [-0.4, -0.2) is 10.1 Å². The summed E-state index contributed by atoms with van der Waals surface area (Å²) >= 11 is 0. The van der Waals surface area contributed by atoms with Gasteiger partial charge in [0.25, 0.3) is 5.69 Å². The molecule has 27 heavy (non-hydrogen) atoms. The van der Waals surface area contributed by atoms with Crippen molar-refractivity contribution >= 4 is 16.7 Å². The van der Waals surface area contributed by atoms with Gasteiger partial charge < -0.3 is 13.7 Å². The van der Waals surface area contributed by atoms with E-state index in [1.807, 2.05) is 0 Å². The van der Waals surface area contributed by atoms with E-state index >= 15 is 0 Å². The SMILES string of the molecule is O=c1ccc2cc(OCc3cc(-c4ccc([N+](=O)[O-])cc4)no3)ccc2o1. The minimum Gasteiger partial charge on any atom is -0.486 e. The van der Waals surface area contributed by atoms with Crippen molar-refractivity contribution in [2.75, 3.05) is 0 Å². The van der Waals surface area contributed by atoms with Crippen LogP contribution in [0.3, 0.4) is 0 Å². The van der Waals surface area contributed by atoms with E-state index in [-0.39, 0.29) is 12.3 Å². The number of non-ortho nitro benzene ring substituents is 1. The Kier molecular flexibility index (Phi) is 4.13. The summed E-state index contributed by atoms with van der Waals surface area (Å²) in [4.78, 5) is 21.4. The molecule has 0 bridgehead atoms. The zero-order chi connectivity index (χ0) is 18.8. The molecule has 0 N–H and O–H groups in total. The molecule has 0 aliphatic rings. The van der Waals surface area contributed by atoms with Gasteiger partial charge in [-0.15, -0.1) is 0 Å². The van der Waals surface area contributed by atoms with Crippen LogP contribution in [0.1, 0.15) is 5.76 Å². The highest BCUT2D eigenvalue weighted by molar-refractivity contribution is 5.77. The highest BCUT2D eigenvalue weighted by Crippen LogP contribution is 2.24. The summed E-state index contributed by atoms with van der Waals surface area (Å²) in [6.07, 6.45) is 0. The Balaban J connectivity index is 1.47. The maximum absolute atomic E-state index is 11.2. The van der Waals surface area contributed by atoms with Crippen molar-refractivity contribution in [3.63, 3.8) is 0 Å². The Hall–Kier alpha value is -3.94. The van der Waals surface area contributed by atoms with Gasteiger partial charge in [-0.25, -0.2) is 4.79 Å². The van der Waals surface area contributed by atoms with Crippen LogP contribution in [-0.2, 0) is 6.61 Å². The molecule has 0 amide bonds. The number of hydrogen-bond acceptors (Lipinski definition) is 7. The number of nitrogens with zero attached hydrogens (tertiary/aromatic N) is 2. The third-order valence-electron chi connectivity index (χ3n) is 3.90. The molecule has 0 radical (unpaired) electrons. The molecule has 0 saturated heterocycles. The fourth-order valence-corrected chi connectivity index (χ4v) is 2.57. The first-order valence-electron chi connectivity index (χ1n) is 7.96. The summed E-state index contributed by atoms with van der Waals surface area (Å²) in [7, 11) is 0. The minimum atomic E-state index is -0.458. The molecule has 2 aromatic heterocycles. The number of hydrogen-bond donors (Lipinski definition) is 0. The Morgan fingerprint density at radius 2 is 1.85 bits per heavy atom. The van der Waals surface area contributed by atoms with Crippen LogP contribution in [0.5, 0.6) is 5.75 Å². The number of nitro groups is 1. The van der Waals surface area contributed by atoms with Crippen LogP contribution in [0.2, 0.25) is 0 Å². The van der Waals surface area contributed by atoms with Crippen molar-refractivity contribution in [1.29, 1.82) is 0 Å². The first-order chi connectivity index (χ1) is 13.1. The van der Waals surface area contributed by atoms with E-state index in [9.17, 15) is 14.9 Å². The lowest BCUT2D eigenvalue weighted by molar-refractivity contribution is -0.384. The number of fused-ring (bicyclic) bond motifs is 1. The van der Waals surface area contributed by atoms with E-state index in [2.05, 4.69) is 5.16 Å². The maximum Gasteiger partial charge on any atom is 0.336 e. The second-order valence-electron chi connectivity index (χ2n) is 5.73. The first-order valence-corrected chi connectivity index (χ1v) is 7.96. The molecule has 2 aromatic carbocycles. The number of aromatic nitrogens is 1. The van der Waals surface area contributed by atoms with E-state index in [1.54, 1.807) is 42.5 Å². The monoisotopic (exact) mass is 364 g/mol. The van der Waals surface area contributed by atoms with Gasteiger partial charge in [0, 0.05) is 35.2 Å². The number of rotatable bonds is 5. The highest BCUT2D eigenvalue weighted by Gasteiger charge is 2.10. The van der Waals surface area contributed by atoms with Gasteiger partial charge in [-0.1, -0.05) is 5.16 Å². The maximum atomic E-state index is 11.2. The Morgan fingerprint density at radius 3 is 2.63 bits per heavy atom. The molecule has 4 rings (SSSR count). The third kappa shape index (κ3) is 3.54. The van der Waals surface area contributed by atoms with E-state index in [0.717, 1.165) is 5.39 Å². The molecular weight excluding hydrogens is 352 g/mol. The number of nitro benzene ring substituents is 1. The largest absolute Gasteiger partial charge is 0.486 e. The Labute approximate surface area is 151 Å². The molecule has 0 aliphatic heterocycles. The van der Waals surface area contributed by atoms with E-state index in [4.69, 9.17) is 13.7 Å². The Bertz CT molecular complexity index is 1180. The summed E-state index contributed by atoms with van der Waals surface area (Å²) in [5, 5.41) is 15.4. The number of ether oxygens (including phenoxy) is 1. The van der Waals surface area contributed by atoms with Crippen molar-refractivity contribution in [1.82, 2.24) is 5.16 Å². The predicted octanol–water partition coefficient (Wildman–Crippen LogP) is 3.94. The second-order valence-corrected chi connectivity index (χ2v) is 5.73. The summed E-state index contributed by atoms with van der Waals surface area (Å²) in [5.41, 5.74) is 1.35. The van der Waals surface area contributed by atoms with Gasteiger partial charge in [0.2, 0.25) is 0 Å². The molecule has 0 aliphatic carbocycles. The standard InChI is InChI=1S/C19H12N2O6/c22-19-8-3-13-9-15(6-7-18(13)26-19)25-11-16-10-17(20-27-16)12-1-4-14(5-2-12)21(23)24/h1-10H,11H2. The number of benzene rings is 2. The molecule has 2 heterocycles. The quantitative estimate of drug-likeness (QED) is 0.300. The topological polar surface area (TPSA) is 109 Å².